The number of ether oxygens (including phenoxy) is 1. The molecule has 0 aliphatic heterocycles. The van der Waals surface area contributed by atoms with Crippen LogP contribution in [0.25, 0.3) is 11.1 Å². The third kappa shape index (κ3) is 5.34. The highest BCUT2D eigenvalue weighted by molar-refractivity contribution is 5.84. The SMILES string of the molecule is CC(C)CNCC[C@H](NC1(c2ccccc2)c2ccccc2-c2ccccc21)C(=O)OC(C)(C)C. The summed E-state index contributed by atoms with van der Waals surface area (Å²) in [5, 5.41) is 7.35. The number of carbonyl (C=O) groups is 1. The van der Waals surface area contributed by atoms with E-state index < -0.39 is 17.2 Å². The first-order chi connectivity index (χ1) is 16.7. The molecule has 4 heteroatoms. The number of carbonyl (C=O) groups excluding carboxylic acids is 1. The van der Waals surface area contributed by atoms with E-state index in [2.05, 4.69) is 97.3 Å². The van der Waals surface area contributed by atoms with E-state index in [4.69, 9.17) is 4.74 Å². The Balaban J connectivity index is 1.81. The van der Waals surface area contributed by atoms with E-state index in [9.17, 15) is 4.79 Å². The van der Waals surface area contributed by atoms with Gasteiger partial charge in [-0.2, -0.15) is 0 Å². The molecule has 0 bridgehead atoms. The number of esters is 1. The van der Waals surface area contributed by atoms with Crippen LogP contribution >= 0.6 is 0 Å². The van der Waals surface area contributed by atoms with Crippen molar-refractivity contribution in [2.45, 2.75) is 58.2 Å². The molecular formula is C31H38N2O2. The second kappa shape index (κ2) is 10.3. The zero-order valence-electron chi connectivity index (χ0n) is 21.6. The van der Waals surface area contributed by atoms with Crippen LogP contribution in [0, 0.1) is 5.92 Å². The van der Waals surface area contributed by atoms with Gasteiger partial charge in [-0.1, -0.05) is 92.7 Å². The summed E-state index contributed by atoms with van der Waals surface area (Å²) in [5.74, 6) is 0.327. The van der Waals surface area contributed by atoms with Crippen LogP contribution < -0.4 is 10.6 Å². The maximum Gasteiger partial charge on any atom is 0.323 e. The number of fused-ring (bicyclic) bond motifs is 3. The second-order valence-corrected chi connectivity index (χ2v) is 10.8. The lowest BCUT2D eigenvalue weighted by Crippen LogP contribution is -2.53. The molecule has 1 atom stereocenters. The molecule has 0 unspecified atom stereocenters. The Labute approximate surface area is 210 Å². The summed E-state index contributed by atoms with van der Waals surface area (Å²) in [4.78, 5) is 13.6. The maximum absolute atomic E-state index is 13.6. The Kier molecular flexibility index (Phi) is 7.44. The quantitative estimate of drug-likeness (QED) is 0.302. The molecule has 0 saturated carbocycles. The third-order valence-electron chi connectivity index (χ3n) is 6.40. The average molecular weight is 471 g/mol. The molecule has 1 aliphatic rings. The summed E-state index contributed by atoms with van der Waals surface area (Å²) in [6.45, 7) is 11.8. The molecular weight excluding hydrogens is 432 g/mol. The Morgan fingerprint density at radius 1 is 0.857 bits per heavy atom. The number of nitrogens with one attached hydrogen (secondary N) is 2. The van der Waals surface area contributed by atoms with Crippen LogP contribution in [-0.4, -0.2) is 30.7 Å². The van der Waals surface area contributed by atoms with Crippen LogP contribution in [0.2, 0.25) is 0 Å². The van der Waals surface area contributed by atoms with Gasteiger partial charge in [0.15, 0.2) is 0 Å². The van der Waals surface area contributed by atoms with Crippen molar-refractivity contribution in [3.05, 3.63) is 95.6 Å². The van der Waals surface area contributed by atoms with Crippen molar-refractivity contribution in [1.29, 1.82) is 0 Å². The summed E-state index contributed by atoms with van der Waals surface area (Å²) in [5.41, 5.74) is 4.61. The maximum atomic E-state index is 13.6. The number of rotatable bonds is 9. The van der Waals surface area contributed by atoms with E-state index in [-0.39, 0.29) is 5.97 Å². The third-order valence-corrected chi connectivity index (χ3v) is 6.40. The topological polar surface area (TPSA) is 50.4 Å². The average Bonchev–Trinajstić information content (AvgIpc) is 3.11. The molecule has 2 N–H and O–H groups in total. The molecule has 3 aromatic carbocycles. The van der Waals surface area contributed by atoms with Crippen molar-refractivity contribution >= 4 is 5.97 Å². The fraction of sp³-hybridized carbons (Fsp3) is 0.387. The molecule has 0 spiro atoms. The Morgan fingerprint density at radius 2 is 1.40 bits per heavy atom. The van der Waals surface area contributed by atoms with Crippen molar-refractivity contribution in [2.75, 3.05) is 13.1 Å². The van der Waals surface area contributed by atoms with E-state index in [1.165, 1.54) is 11.1 Å². The van der Waals surface area contributed by atoms with E-state index in [1.807, 2.05) is 26.8 Å². The van der Waals surface area contributed by atoms with Gasteiger partial charge in [0.05, 0.1) is 5.54 Å². The fourth-order valence-electron chi connectivity index (χ4n) is 4.99. The summed E-state index contributed by atoms with van der Waals surface area (Å²) >= 11 is 0. The first-order valence-electron chi connectivity index (χ1n) is 12.7. The lowest BCUT2D eigenvalue weighted by atomic mass is 9.79. The minimum atomic E-state index is -0.659. The van der Waals surface area contributed by atoms with Gasteiger partial charge in [0.2, 0.25) is 0 Å². The molecule has 35 heavy (non-hydrogen) atoms. The largest absolute Gasteiger partial charge is 0.459 e. The highest BCUT2D eigenvalue weighted by atomic mass is 16.6. The summed E-state index contributed by atoms with van der Waals surface area (Å²) < 4.78 is 5.92. The fourth-order valence-corrected chi connectivity index (χ4v) is 4.99. The van der Waals surface area contributed by atoms with Gasteiger partial charge in [-0.05, 0) is 74.0 Å². The molecule has 4 rings (SSSR count). The van der Waals surface area contributed by atoms with Crippen molar-refractivity contribution in [3.63, 3.8) is 0 Å². The zero-order chi connectivity index (χ0) is 25.1. The van der Waals surface area contributed by atoms with E-state index in [1.54, 1.807) is 0 Å². The van der Waals surface area contributed by atoms with Gasteiger partial charge in [0, 0.05) is 0 Å². The minimum Gasteiger partial charge on any atom is -0.459 e. The Morgan fingerprint density at radius 3 is 1.94 bits per heavy atom. The predicted octanol–water partition coefficient (Wildman–Crippen LogP) is 5.89. The van der Waals surface area contributed by atoms with E-state index in [0.29, 0.717) is 12.3 Å². The zero-order valence-corrected chi connectivity index (χ0v) is 21.6. The van der Waals surface area contributed by atoms with Crippen LogP contribution in [0.4, 0.5) is 0 Å². The summed E-state index contributed by atoms with van der Waals surface area (Å²) in [6.07, 6.45) is 0.626. The molecule has 0 aromatic heterocycles. The van der Waals surface area contributed by atoms with Gasteiger partial charge in [-0.3, -0.25) is 10.1 Å². The van der Waals surface area contributed by atoms with Gasteiger partial charge in [-0.25, -0.2) is 0 Å². The smallest absolute Gasteiger partial charge is 0.323 e. The van der Waals surface area contributed by atoms with E-state index in [0.717, 1.165) is 29.8 Å². The Bertz CT molecular complexity index is 1100. The molecule has 0 radical (unpaired) electrons. The highest BCUT2D eigenvalue weighted by Crippen LogP contribution is 2.51. The van der Waals surface area contributed by atoms with Crippen LogP contribution in [0.3, 0.4) is 0 Å². The van der Waals surface area contributed by atoms with Gasteiger partial charge in [0.1, 0.15) is 11.6 Å². The summed E-state index contributed by atoms with van der Waals surface area (Å²) in [6, 6.07) is 27.0. The molecule has 0 saturated heterocycles. The molecule has 3 aromatic rings. The first-order valence-corrected chi connectivity index (χ1v) is 12.7. The van der Waals surface area contributed by atoms with Crippen molar-refractivity contribution < 1.29 is 9.53 Å². The van der Waals surface area contributed by atoms with Crippen LogP contribution in [-0.2, 0) is 15.1 Å². The van der Waals surface area contributed by atoms with Crippen molar-refractivity contribution in [1.82, 2.24) is 10.6 Å². The lowest BCUT2D eigenvalue weighted by Gasteiger charge is -2.38. The first kappa shape index (κ1) is 25.2. The van der Waals surface area contributed by atoms with Gasteiger partial charge in [0.25, 0.3) is 0 Å². The number of hydrogen-bond acceptors (Lipinski definition) is 4. The molecule has 184 valence electrons. The van der Waals surface area contributed by atoms with E-state index >= 15 is 0 Å². The monoisotopic (exact) mass is 470 g/mol. The molecule has 4 nitrogen and oxygen atoms in total. The minimum absolute atomic E-state index is 0.221. The normalized spacial score (nSPS) is 14.9. The van der Waals surface area contributed by atoms with Gasteiger partial charge < -0.3 is 10.1 Å². The number of hydrogen-bond donors (Lipinski definition) is 2. The standard InChI is InChI=1S/C31H38N2O2/c1-22(2)21-32-20-19-28(29(34)35-30(3,4)5)33-31(23-13-7-6-8-14-23)26-17-11-9-15-24(26)25-16-10-12-18-27(25)31/h6-18,22,28,32-33H,19-21H2,1-5H3/t28-/m0/s1. The van der Waals surface area contributed by atoms with Crippen LogP contribution in [0.1, 0.15) is 57.7 Å². The van der Waals surface area contributed by atoms with Crippen molar-refractivity contribution in [2.24, 2.45) is 5.92 Å². The molecule has 0 fully saturated rings. The Hall–Kier alpha value is -2.95. The lowest BCUT2D eigenvalue weighted by molar-refractivity contribution is -0.158. The van der Waals surface area contributed by atoms with Crippen molar-refractivity contribution in [3.8, 4) is 11.1 Å². The second-order valence-electron chi connectivity index (χ2n) is 10.8. The van der Waals surface area contributed by atoms with Crippen LogP contribution in [0.15, 0.2) is 78.9 Å². The van der Waals surface area contributed by atoms with Gasteiger partial charge >= 0.3 is 5.97 Å². The summed E-state index contributed by atoms with van der Waals surface area (Å²) in [7, 11) is 0. The molecule has 0 amide bonds. The highest BCUT2D eigenvalue weighted by Gasteiger charge is 2.46. The van der Waals surface area contributed by atoms with Crippen LogP contribution in [0.5, 0.6) is 0 Å². The van der Waals surface area contributed by atoms with Gasteiger partial charge in [-0.15, -0.1) is 0 Å². The molecule has 0 heterocycles. The molecule has 1 aliphatic carbocycles. The predicted molar refractivity (Wildman–Crippen MR) is 143 cm³/mol. The number of benzene rings is 3.